The number of nitrogens with zero attached hydrogens (tertiary/aromatic N) is 2. The Balaban J connectivity index is 1.60. The zero-order chi connectivity index (χ0) is 18.1. The molecule has 0 bridgehead atoms. The molecule has 130 valence electrons. The third-order valence-electron chi connectivity index (χ3n) is 4.69. The van der Waals surface area contributed by atoms with Gasteiger partial charge < -0.3 is 5.32 Å². The number of fused-ring (bicyclic) bond motifs is 1. The molecule has 1 aliphatic carbocycles. The second-order valence-corrected chi connectivity index (χ2v) is 7.06. The number of aromatic nitrogens is 2. The molecule has 1 heterocycles. The molecule has 2 aromatic carbocycles. The van der Waals surface area contributed by atoms with Crippen molar-refractivity contribution in [2.75, 3.05) is 5.32 Å². The molecule has 0 fully saturated rings. The number of Topliss-reactive ketones (excluding diaryl/α,β-unsaturated/α-hetero) is 1. The quantitative estimate of drug-likeness (QED) is 0.703. The topological polar surface area (TPSA) is 54.9 Å². The Labute approximate surface area is 157 Å². The predicted octanol–water partition coefficient (Wildman–Crippen LogP) is 5.09. The van der Waals surface area contributed by atoms with Crippen molar-refractivity contribution in [1.29, 1.82) is 0 Å². The fraction of sp³-hybridized carbons (Fsp3) is 0.190. The number of benzene rings is 2. The van der Waals surface area contributed by atoms with E-state index in [0.29, 0.717) is 29.4 Å². The highest BCUT2D eigenvalue weighted by Crippen LogP contribution is 2.32. The first-order valence-corrected chi connectivity index (χ1v) is 8.94. The Bertz CT molecular complexity index is 952. The largest absolute Gasteiger partial charge is 0.324 e. The van der Waals surface area contributed by atoms with Crippen LogP contribution in [0.25, 0.3) is 0 Å². The zero-order valence-electron chi connectivity index (χ0n) is 14.4. The molecule has 1 aliphatic rings. The number of ketones is 1. The first-order valence-electron chi connectivity index (χ1n) is 8.57. The highest BCUT2D eigenvalue weighted by molar-refractivity contribution is 6.30. The zero-order valence-corrected chi connectivity index (χ0v) is 15.1. The van der Waals surface area contributed by atoms with Gasteiger partial charge in [-0.05, 0) is 49.1 Å². The Morgan fingerprint density at radius 1 is 1.04 bits per heavy atom. The fourth-order valence-electron chi connectivity index (χ4n) is 3.24. The van der Waals surface area contributed by atoms with E-state index in [1.54, 1.807) is 6.20 Å². The van der Waals surface area contributed by atoms with Gasteiger partial charge in [-0.15, -0.1) is 0 Å². The number of hydrogen-bond acceptors (Lipinski definition) is 4. The molecular weight excluding hydrogens is 346 g/mol. The summed E-state index contributed by atoms with van der Waals surface area (Å²) in [5, 5.41) is 3.90. The van der Waals surface area contributed by atoms with Gasteiger partial charge in [-0.25, -0.2) is 9.97 Å². The van der Waals surface area contributed by atoms with Gasteiger partial charge in [-0.3, -0.25) is 4.79 Å². The van der Waals surface area contributed by atoms with E-state index in [4.69, 9.17) is 11.6 Å². The van der Waals surface area contributed by atoms with E-state index < -0.39 is 0 Å². The molecule has 3 aromatic rings. The van der Waals surface area contributed by atoms with Crippen LogP contribution < -0.4 is 5.32 Å². The van der Waals surface area contributed by atoms with Crippen LogP contribution in [-0.2, 0) is 6.42 Å². The molecular formula is C21H18ClN3O. The van der Waals surface area contributed by atoms with Gasteiger partial charge in [-0.1, -0.05) is 41.4 Å². The van der Waals surface area contributed by atoms with Crippen molar-refractivity contribution in [2.24, 2.45) is 0 Å². The van der Waals surface area contributed by atoms with Crippen LogP contribution in [0.5, 0.6) is 0 Å². The van der Waals surface area contributed by atoms with Gasteiger partial charge in [0.25, 0.3) is 0 Å². The van der Waals surface area contributed by atoms with Crippen LogP contribution in [0.3, 0.4) is 0 Å². The van der Waals surface area contributed by atoms with Crippen molar-refractivity contribution < 1.29 is 4.79 Å². The van der Waals surface area contributed by atoms with Gasteiger partial charge in [0, 0.05) is 23.3 Å². The van der Waals surface area contributed by atoms with E-state index in [-0.39, 0.29) is 11.7 Å². The number of rotatable bonds is 3. The van der Waals surface area contributed by atoms with Gasteiger partial charge in [0.15, 0.2) is 5.78 Å². The summed E-state index contributed by atoms with van der Waals surface area (Å²) in [5.74, 6) is 0.722. The van der Waals surface area contributed by atoms with Crippen molar-refractivity contribution in [2.45, 2.75) is 25.7 Å². The number of hydrogen-bond donors (Lipinski definition) is 1. The van der Waals surface area contributed by atoms with Gasteiger partial charge in [0.1, 0.15) is 0 Å². The number of halogens is 1. The third kappa shape index (κ3) is 3.46. The van der Waals surface area contributed by atoms with Gasteiger partial charge >= 0.3 is 0 Å². The van der Waals surface area contributed by atoms with Crippen molar-refractivity contribution >= 4 is 29.0 Å². The molecule has 1 N–H and O–H groups in total. The number of anilines is 2. The molecule has 4 nitrogen and oxygen atoms in total. The lowest BCUT2D eigenvalue weighted by Crippen LogP contribution is -2.21. The third-order valence-corrected chi connectivity index (χ3v) is 4.94. The standard InChI is InChI=1S/C21H18ClN3O/c1-13-2-8-17(9-3-13)24-21-23-12-18-19(25-21)10-15(11-20(18)26)14-4-6-16(22)7-5-14/h2-9,12,15H,10-11H2,1H3,(H,23,24,25)/t15-/m0/s1. The van der Waals surface area contributed by atoms with Crippen LogP contribution in [0.2, 0.25) is 5.02 Å². The summed E-state index contributed by atoms with van der Waals surface area (Å²) in [4.78, 5) is 21.4. The smallest absolute Gasteiger partial charge is 0.227 e. The highest BCUT2D eigenvalue weighted by Gasteiger charge is 2.28. The molecule has 0 saturated heterocycles. The second-order valence-electron chi connectivity index (χ2n) is 6.62. The normalized spacial score (nSPS) is 16.2. The predicted molar refractivity (Wildman–Crippen MR) is 103 cm³/mol. The van der Waals surface area contributed by atoms with Crippen molar-refractivity contribution in [3.05, 3.63) is 82.1 Å². The number of carbonyl (C=O) groups is 1. The number of carbonyl (C=O) groups excluding carboxylic acids is 1. The van der Waals surface area contributed by atoms with Crippen LogP contribution in [0.1, 0.15) is 39.5 Å². The summed E-state index contributed by atoms with van der Waals surface area (Å²) in [6.07, 6.45) is 2.83. The molecule has 5 heteroatoms. The molecule has 0 aliphatic heterocycles. The van der Waals surface area contributed by atoms with Crippen molar-refractivity contribution in [3.63, 3.8) is 0 Å². The van der Waals surface area contributed by atoms with E-state index in [1.165, 1.54) is 5.56 Å². The first kappa shape index (κ1) is 16.7. The maximum Gasteiger partial charge on any atom is 0.227 e. The van der Waals surface area contributed by atoms with Gasteiger partial charge in [0.05, 0.1) is 11.3 Å². The molecule has 0 spiro atoms. The fourth-order valence-corrected chi connectivity index (χ4v) is 3.37. The molecule has 0 radical (unpaired) electrons. The molecule has 26 heavy (non-hydrogen) atoms. The lowest BCUT2D eigenvalue weighted by Gasteiger charge is -2.23. The summed E-state index contributed by atoms with van der Waals surface area (Å²) in [5.41, 5.74) is 4.65. The average Bonchev–Trinajstić information content (AvgIpc) is 2.64. The van der Waals surface area contributed by atoms with Crippen LogP contribution in [0.4, 0.5) is 11.6 Å². The Morgan fingerprint density at radius 3 is 2.50 bits per heavy atom. The summed E-state index contributed by atoms with van der Waals surface area (Å²) in [6, 6.07) is 15.7. The molecule has 1 aromatic heterocycles. The second kappa shape index (κ2) is 6.89. The summed E-state index contributed by atoms with van der Waals surface area (Å²) in [7, 11) is 0. The van der Waals surface area contributed by atoms with E-state index in [1.807, 2.05) is 55.5 Å². The first-order chi connectivity index (χ1) is 12.6. The summed E-state index contributed by atoms with van der Waals surface area (Å²) in [6.45, 7) is 2.04. The van der Waals surface area contributed by atoms with Crippen LogP contribution >= 0.6 is 11.6 Å². The molecule has 0 unspecified atom stereocenters. The lowest BCUT2D eigenvalue weighted by molar-refractivity contribution is 0.0962. The molecule has 4 rings (SSSR count). The lowest BCUT2D eigenvalue weighted by atomic mass is 9.82. The van der Waals surface area contributed by atoms with Crippen LogP contribution in [0, 0.1) is 6.92 Å². The van der Waals surface area contributed by atoms with Crippen molar-refractivity contribution in [3.8, 4) is 0 Å². The summed E-state index contributed by atoms with van der Waals surface area (Å²) >= 11 is 5.97. The minimum absolute atomic E-state index is 0.0908. The summed E-state index contributed by atoms with van der Waals surface area (Å²) < 4.78 is 0. The van der Waals surface area contributed by atoms with E-state index in [2.05, 4.69) is 15.3 Å². The Kier molecular flexibility index (Phi) is 4.43. The SMILES string of the molecule is Cc1ccc(Nc2ncc3c(n2)C[C@H](c2ccc(Cl)cc2)CC3=O)cc1. The van der Waals surface area contributed by atoms with Gasteiger partial charge in [-0.2, -0.15) is 0 Å². The highest BCUT2D eigenvalue weighted by atomic mass is 35.5. The molecule has 0 saturated carbocycles. The van der Waals surface area contributed by atoms with E-state index in [0.717, 1.165) is 16.9 Å². The van der Waals surface area contributed by atoms with Crippen LogP contribution in [-0.4, -0.2) is 15.8 Å². The van der Waals surface area contributed by atoms with Gasteiger partial charge in [0.2, 0.25) is 5.95 Å². The number of aryl methyl sites for hydroxylation is 1. The minimum atomic E-state index is 0.0908. The Morgan fingerprint density at radius 2 is 1.77 bits per heavy atom. The van der Waals surface area contributed by atoms with E-state index >= 15 is 0 Å². The van der Waals surface area contributed by atoms with E-state index in [9.17, 15) is 4.79 Å². The minimum Gasteiger partial charge on any atom is -0.324 e. The monoisotopic (exact) mass is 363 g/mol. The number of nitrogens with one attached hydrogen (secondary N) is 1. The maximum absolute atomic E-state index is 12.5. The Hall–Kier alpha value is -2.72. The molecule has 0 amide bonds. The van der Waals surface area contributed by atoms with Crippen molar-refractivity contribution in [1.82, 2.24) is 9.97 Å². The maximum atomic E-state index is 12.5. The average molecular weight is 364 g/mol. The van der Waals surface area contributed by atoms with Crippen LogP contribution in [0.15, 0.2) is 54.7 Å². The molecule has 1 atom stereocenters.